The molecule has 0 amide bonds. The van der Waals surface area contributed by atoms with Crippen LogP contribution in [0.15, 0.2) is 61.4 Å². The van der Waals surface area contributed by atoms with E-state index >= 15 is 0 Å². The summed E-state index contributed by atoms with van der Waals surface area (Å²) in [6, 6.07) is 11.2. The van der Waals surface area contributed by atoms with Crippen LogP contribution < -0.4 is 10.6 Å². The standard InChI is InChI=1S/C32H32ClF2N9/c1-19-22(6-5-7-26(19)43-11-10-37-18-43)29(25-16-44(42-41-25)32(8-9-32)30(34)35)40-21-12-23-27(39-17-31(2,3)4)20(14-36)15-38-28(23)24(33)13-21/h5-7,10-13,15-16,18,29-30,40H,8-9,17H2,1-4H3,(H,38,39). The minimum absolute atomic E-state index is 0.0478. The average molecular weight is 616 g/mol. The summed E-state index contributed by atoms with van der Waals surface area (Å²) in [6.45, 7) is 8.93. The van der Waals surface area contributed by atoms with Crippen molar-refractivity contribution in [3.05, 3.63) is 88.9 Å². The van der Waals surface area contributed by atoms with Crippen LogP contribution in [-0.4, -0.2) is 42.5 Å². The Hall–Kier alpha value is -4.56. The Morgan fingerprint density at radius 1 is 1.20 bits per heavy atom. The number of halogens is 3. The number of hydrogen-bond donors (Lipinski definition) is 2. The van der Waals surface area contributed by atoms with Crippen molar-refractivity contribution < 1.29 is 8.78 Å². The molecule has 2 aromatic carbocycles. The zero-order valence-corrected chi connectivity index (χ0v) is 25.6. The number of alkyl halides is 2. The molecule has 2 N–H and O–H groups in total. The Balaban J connectivity index is 1.48. The van der Waals surface area contributed by atoms with E-state index in [0.717, 1.165) is 16.8 Å². The molecule has 1 aliphatic carbocycles. The predicted octanol–water partition coefficient (Wildman–Crippen LogP) is 7.26. The first-order valence-electron chi connectivity index (χ1n) is 14.3. The second-order valence-corrected chi connectivity index (χ2v) is 12.9. The van der Waals surface area contributed by atoms with E-state index in [9.17, 15) is 14.0 Å². The van der Waals surface area contributed by atoms with E-state index in [2.05, 4.69) is 57.8 Å². The summed E-state index contributed by atoms with van der Waals surface area (Å²) in [7, 11) is 0. The second kappa shape index (κ2) is 11.2. The van der Waals surface area contributed by atoms with Crippen LogP contribution in [0.1, 0.15) is 62.0 Å². The molecule has 3 heterocycles. The molecule has 9 nitrogen and oxygen atoms in total. The van der Waals surface area contributed by atoms with Crippen LogP contribution in [0.4, 0.5) is 20.2 Å². The van der Waals surface area contributed by atoms with E-state index < -0.39 is 18.0 Å². The molecule has 1 fully saturated rings. The van der Waals surface area contributed by atoms with Crippen molar-refractivity contribution in [2.75, 3.05) is 17.2 Å². The lowest BCUT2D eigenvalue weighted by Crippen LogP contribution is -2.26. The van der Waals surface area contributed by atoms with Crippen molar-refractivity contribution in [3.8, 4) is 11.8 Å². The van der Waals surface area contributed by atoms with Gasteiger partial charge in [0.2, 0.25) is 0 Å². The van der Waals surface area contributed by atoms with Crippen LogP contribution in [-0.2, 0) is 5.54 Å². The Kier molecular flexibility index (Phi) is 7.49. The van der Waals surface area contributed by atoms with Crippen molar-refractivity contribution in [3.63, 3.8) is 0 Å². The van der Waals surface area contributed by atoms with E-state index in [-0.39, 0.29) is 5.41 Å². The van der Waals surface area contributed by atoms with E-state index in [4.69, 9.17) is 11.6 Å². The number of imidazole rings is 1. The third-order valence-corrected chi connectivity index (χ3v) is 8.31. The predicted molar refractivity (Wildman–Crippen MR) is 166 cm³/mol. The first kappa shape index (κ1) is 29.5. The molecule has 0 bridgehead atoms. The fourth-order valence-electron chi connectivity index (χ4n) is 5.39. The van der Waals surface area contributed by atoms with E-state index in [0.29, 0.717) is 57.9 Å². The van der Waals surface area contributed by atoms with Gasteiger partial charge in [0, 0.05) is 41.9 Å². The number of aromatic nitrogens is 6. The fraction of sp³-hybridized carbons (Fsp3) is 0.344. The summed E-state index contributed by atoms with van der Waals surface area (Å²) in [4.78, 5) is 8.66. The van der Waals surface area contributed by atoms with Gasteiger partial charge in [0.1, 0.15) is 17.3 Å². The Morgan fingerprint density at radius 3 is 2.66 bits per heavy atom. The molecule has 0 spiro atoms. The van der Waals surface area contributed by atoms with Crippen LogP contribution in [0.3, 0.4) is 0 Å². The molecular formula is C32H32ClF2N9. The topological polar surface area (TPSA) is 109 Å². The molecule has 1 aliphatic rings. The van der Waals surface area contributed by atoms with Gasteiger partial charge in [-0.1, -0.05) is 49.7 Å². The molecule has 6 rings (SSSR count). The van der Waals surface area contributed by atoms with Crippen molar-refractivity contribution in [1.82, 2.24) is 29.5 Å². The van der Waals surface area contributed by atoms with Crippen molar-refractivity contribution in [2.45, 2.75) is 58.5 Å². The molecule has 0 radical (unpaired) electrons. The maximum atomic E-state index is 14.0. The Morgan fingerprint density at radius 2 is 2.00 bits per heavy atom. The number of benzene rings is 2. The summed E-state index contributed by atoms with van der Waals surface area (Å²) in [5.41, 5.74) is 4.09. The zero-order chi connectivity index (χ0) is 31.2. The van der Waals surface area contributed by atoms with Gasteiger partial charge in [-0.2, -0.15) is 5.26 Å². The Bertz CT molecular complexity index is 1870. The van der Waals surface area contributed by atoms with Crippen LogP contribution in [0, 0.1) is 23.7 Å². The highest BCUT2D eigenvalue weighted by Crippen LogP contribution is 2.48. The van der Waals surface area contributed by atoms with E-state index in [1.54, 1.807) is 24.8 Å². The summed E-state index contributed by atoms with van der Waals surface area (Å²) >= 11 is 6.79. The monoisotopic (exact) mass is 615 g/mol. The van der Waals surface area contributed by atoms with Gasteiger partial charge >= 0.3 is 0 Å². The quantitative estimate of drug-likeness (QED) is 0.180. The van der Waals surface area contributed by atoms with Gasteiger partial charge in [0.15, 0.2) is 0 Å². The molecular weight excluding hydrogens is 584 g/mol. The molecule has 1 atom stereocenters. The fourth-order valence-corrected chi connectivity index (χ4v) is 5.65. The lowest BCUT2D eigenvalue weighted by atomic mass is 9.96. The van der Waals surface area contributed by atoms with Crippen molar-refractivity contribution >= 4 is 33.9 Å². The highest BCUT2D eigenvalue weighted by atomic mass is 35.5. The third kappa shape index (κ3) is 5.46. The third-order valence-electron chi connectivity index (χ3n) is 8.02. The summed E-state index contributed by atoms with van der Waals surface area (Å²) in [5, 5.41) is 26.5. The van der Waals surface area contributed by atoms with Gasteiger partial charge in [0.05, 0.1) is 40.4 Å². The first-order valence-corrected chi connectivity index (χ1v) is 14.7. The summed E-state index contributed by atoms with van der Waals surface area (Å²) in [6.07, 6.45) is 6.56. The highest BCUT2D eigenvalue weighted by Gasteiger charge is 2.54. The van der Waals surface area contributed by atoms with Crippen molar-refractivity contribution in [1.29, 1.82) is 5.26 Å². The van der Waals surface area contributed by atoms with Gasteiger partial charge in [0.25, 0.3) is 6.43 Å². The SMILES string of the molecule is Cc1c(C(Nc2cc(Cl)c3ncc(C#N)c(NCC(C)(C)C)c3c2)c2cn(C3(C(F)F)CC3)nn2)cccc1-n1ccnc1. The minimum atomic E-state index is -2.55. The van der Waals surface area contributed by atoms with Gasteiger partial charge in [-0.25, -0.2) is 18.4 Å². The lowest BCUT2D eigenvalue weighted by Gasteiger charge is -2.24. The lowest BCUT2D eigenvalue weighted by molar-refractivity contribution is 0.0593. The van der Waals surface area contributed by atoms with E-state index in [1.807, 2.05) is 42.0 Å². The smallest absolute Gasteiger partial charge is 0.263 e. The number of hydrogen-bond acceptors (Lipinski definition) is 7. The molecule has 1 unspecified atom stereocenters. The molecule has 12 heteroatoms. The van der Waals surface area contributed by atoms with Crippen LogP contribution in [0.25, 0.3) is 16.6 Å². The zero-order valence-electron chi connectivity index (χ0n) is 24.8. The van der Waals surface area contributed by atoms with Crippen molar-refractivity contribution in [2.24, 2.45) is 5.41 Å². The first-order chi connectivity index (χ1) is 21.0. The summed E-state index contributed by atoms with van der Waals surface area (Å²) < 4.78 is 31.2. The number of fused-ring (bicyclic) bond motifs is 1. The molecule has 0 aliphatic heterocycles. The molecule has 226 valence electrons. The number of nitrogens with one attached hydrogen (secondary N) is 2. The molecule has 1 saturated carbocycles. The molecule has 3 aromatic heterocycles. The number of nitriles is 1. The normalized spacial score (nSPS) is 14.9. The highest BCUT2D eigenvalue weighted by molar-refractivity contribution is 6.35. The Labute approximate surface area is 258 Å². The van der Waals surface area contributed by atoms with Gasteiger partial charge in [-0.05, 0) is 54.5 Å². The number of nitrogens with zero attached hydrogens (tertiary/aromatic N) is 7. The van der Waals surface area contributed by atoms with Gasteiger partial charge in [-0.15, -0.1) is 5.10 Å². The molecule has 44 heavy (non-hydrogen) atoms. The number of pyridine rings is 1. The van der Waals surface area contributed by atoms with Crippen LogP contribution in [0.5, 0.6) is 0 Å². The second-order valence-electron chi connectivity index (χ2n) is 12.5. The maximum Gasteiger partial charge on any atom is 0.263 e. The molecule has 0 saturated heterocycles. The maximum absolute atomic E-state index is 14.0. The number of anilines is 2. The van der Waals surface area contributed by atoms with Gasteiger partial charge < -0.3 is 15.2 Å². The molecule has 5 aromatic rings. The summed E-state index contributed by atoms with van der Waals surface area (Å²) in [5.74, 6) is 0. The number of rotatable bonds is 9. The van der Waals surface area contributed by atoms with E-state index in [1.165, 1.54) is 10.9 Å². The minimum Gasteiger partial charge on any atom is -0.383 e. The largest absolute Gasteiger partial charge is 0.383 e. The van der Waals surface area contributed by atoms with Crippen LogP contribution >= 0.6 is 11.6 Å². The van der Waals surface area contributed by atoms with Crippen LogP contribution in [0.2, 0.25) is 5.02 Å². The van der Waals surface area contributed by atoms with Gasteiger partial charge in [-0.3, -0.25) is 4.98 Å². The average Bonchev–Trinajstić information content (AvgIpc) is 3.36.